The number of carbonyl (C=O) groups excluding carboxylic acids is 1. The van der Waals surface area contributed by atoms with Crippen LogP contribution in [0.4, 0.5) is 11.5 Å². The molecule has 1 aliphatic rings. The molecule has 11 heteroatoms. The van der Waals surface area contributed by atoms with Gasteiger partial charge >= 0.3 is 0 Å². The maximum atomic E-state index is 12.6. The number of hydrogen-bond acceptors (Lipinski definition) is 7. The van der Waals surface area contributed by atoms with Crippen molar-refractivity contribution in [2.24, 2.45) is 0 Å². The van der Waals surface area contributed by atoms with E-state index in [1.165, 1.54) is 24.7 Å². The number of aromatic nitrogens is 2. The van der Waals surface area contributed by atoms with Crippen LogP contribution in [0.2, 0.25) is 5.02 Å². The van der Waals surface area contributed by atoms with Crippen LogP contribution in [0.15, 0.2) is 66.0 Å². The predicted octanol–water partition coefficient (Wildman–Crippen LogP) is 2.53. The number of nitrogens with one attached hydrogen (secondary N) is 1. The lowest BCUT2D eigenvalue weighted by molar-refractivity contribution is -0.130. The van der Waals surface area contributed by atoms with Crippen LogP contribution in [0.1, 0.15) is 5.56 Å². The molecule has 0 spiro atoms. The van der Waals surface area contributed by atoms with Gasteiger partial charge in [-0.3, -0.25) is 9.52 Å². The molecule has 1 fully saturated rings. The third kappa shape index (κ3) is 5.52. The van der Waals surface area contributed by atoms with E-state index in [-0.39, 0.29) is 33.8 Å². The minimum Gasteiger partial charge on any atom is -0.506 e. The average molecular weight is 488 g/mol. The molecule has 0 unspecified atom stereocenters. The van der Waals surface area contributed by atoms with Crippen molar-refractivity contribution in [1.29, 1.82) is 0 Å². The van der Waals surface area contributed by atoms with Gasteiger partial charge in [-0.15, -0.1) is 0 Å². The van der Waals surface area contributed by atoms with Gasteiger partial charge in [-0.25, -0.2) is 18.4 Å². The van der Waals surface area contributed by atoms with E-state index in [9.17, 15) is 18.3 Å². The second-order valence-corrected chi connectivity index (χ2v) is 9.61. The lowest BCUT2D eigenvalue weighted by atomic mass is 10.1. The molecule has 2 N–H and O–H groups in total. The van der Waals surface area contributed by atoms with Gasteiger partial charge in [-0.1, -0.05) is 17.7 Å². The van der Waals surface area contributed by atoms with Crippen LogP contribution in [0.3, 0.4) is 0 Å². The van der Waals surface area contributed by atoms with Crippen LogP contribution in [-0.2, 0) is 21.2 Å². The van der Waals surface area contributed by atoms with Crippen molar-refractivity contribution in [2.45, 2.75) is 11.3 Å². The maximum Gasteiger partial charge on any atom is 0.263 e. The van der Waals surface area contributed by atoms with E-state index >= 15 is 0 Å². The van der Waals surface area contributed by atoms with Crippen molar-refractivity contribution < 1.29 is 18.3 Å². The van der Waals surface area contributed by atoms with Gasteiger partial charge in [0.25, 0.3) is 10.0 Å². The quantitative estimate of drug-likeness (QED) is 0.548. The van der Waals surface area contributed by atoms with Gasteiger partial charge in [-0.05, 0) is 48.0 Å². The van der Waals surface area contributed by atoms with Crippen LogP contribution >= 0.6 is 11.6 Å². The number of amides is 1. The number of halogens is 1. The fourth-order valence-corrected chi connectivity index (χ4v) is 4.76. The normalized spacial score (nSPS) is 14.2. The summed E-state index contributed by atoms with van der Waals surface area (Å²) in [7, 11) is -3.75. The second-order valence-electron chi connectivity index (χ2n) is 7.52. The third-order valence-corrected chi connectivity index (χ3v) is 7.01. The predicted molar refractivity (Wildman–Crippen MR) is 125 cm³/mol. The highest BCUT2D eigenvalue weighted by Crippen LogP contribution is 2.25. The number of phenols is 1. The molecule has 3 aromatic rings. The van der Waals surface area contributed by atoms with Gasteiger partial charge in [0.2, 0.25) is 5.91 Å². The first-order chi connectivity index (χ1) is 15.8. The van der Waals surface area contributed by atoms with Crippen LogP contribution in [-0.4, -0.2) is 60.5 Å². The zero-order valence-corrected chi connectivity index (χ0v) is 19.1. The molecule has 4 rings (SSSR count). The minimum absolute atomic E-state index is 0.00589. The molecule has 33 heavy (non-hydrogen) atoms. The number of carbonyl (C=O) groups is 1. The maximum absolute atomic E-state index is 12.6. The number of benzene rings is 2. The molecular weight excluding hydrogens is 466 g/mol. The summed E-state index contributed by atoms with van der Waals surface area (Å²) >= 11 is 5.92. The summed E-state index contributed by atoms with van der Waals surface area (Å²) in [6, 6.07) is 12.8. The zero-order valence-electron chi connectivity index (χ0n) is 17.6. The molecular formula is C22H22ClN5O4S. The Bertz CT molecular complexity index is 1230. The Morgan fingerprint density at radius 1 is 1.06 bits per heavy atom. The Morgan fingerprint density at radius 2 is 1.79 bits per heavy atom. The molecule has 9 nitrogen and oxygen atoms in total. The standard InChI is InChI=1S/C22H22ClN5O4S/c23-19-13-16(1-6-20(19)29)14-22(30)28-11-9-27(10-12-28)17-2-4-18(5-3-17)33(31,32)26-21-7-8-24-15-25-21/h1-8,13,15,29H,9-12,14H2,(H,24,25,26). The summed E-state index contributed by atoms with van der Waals surface area (Å²) in [4.78, 5) is 24.3. The molecule has 0 saturated carbocycles. The molecule has 0 radical (unpaired) electrons. The highest BCUT2D eigenvalue weighted by molar-refractivity contribution is 7.92. The fourth-order valence-electron chi connectivity index (χ4n) is 3.54. The van der Waals surface area contributed by atoms with E-state index in [1.54, 1.807) is 41.3 Å². The Kier molecular flexibility index (Phi) is 6.66. The Labute approximate surface area is 196 Å². The van der Waals surface area contributed by atoms with Crippen molar-refractivity contribution in [3.8, 4) is 5.75 Å². The molecule has 0 bridgehead atoms. The third-order valence-electron chi connectivity index (χ3n) is 5.33. The summed E-state index contributed by atoms with van der Waals surface area (Å²) in [6.45, 7) is 2.38. The monoisotopic (exact) mass is 487 g/mol. The van der Waals surface area contributed by atoms with E-state index in [0.29, 0.717) is 26.2 Å². The molecule has 2 heterocycles. The average Bonchev–Trinajstić information content (AvgIpc) is 2.82. The molecule has 0 atom stereocenters. The first-order valence-electron chi connectivity index (χ1n) is 10.2. The molecule has 2 aromatic carbocycles. The van der Waals surface area contributed by atoms with Gasteiger partial charge in [0.05, 0.1) is 16.3 Å². The summed E-state index contributed by atoms with van der Waals surface area (Å²) in [5.74, 6) is 0.184. The number of anilines is 2. The minimum atomic E-state index is -3.75. The molecule has 1 saturated heterocycles. The smallest absolute Gasteiger partial charge is 0.263 e. The number of aromatic hydroxyl groups is 1. The summed E-state index contributed by atoms with van der Waals surface area (Å²) in [5.41, 5.74) is 1.63. The molecule has 1 aliphatic heterocycles. The number of phenolic OH excluding ortho intramolecular Hbond substituents is 1. The van der Waals surface area contributed by atoms with Gasteiger partial charge in [0.1, 0.15) is 17.9 Å². The largest absolute Gasteiger partial charge is 0.506 e. The summed E-state index contributed by atoms with van der Waals surface area (Å²) in [5, 5.41) is 9.74. The van der Waals surface area contributed by atoms with E-state index in [0.717, 1.165) is 11.3 Å². The number of rotatable bonds is 6. The van der Waals surface area contributed by atoms with E-state index in [1.807, 2.05) is 0 Å². The van der Waals surface area contributed by atoms with Gasteiger partial charge < -0.3 is 14.9 Å². The number of nitrogens with zero attached hydrogens (tertiary/aromatic N) is 4. The van der Waals surface area contributed by atoms with Crippen molar-refractivity contribution in [2.75, 3.05) is 35.8 Å². The lowest BCUT2D eigenvalue weighted by Gasteiger charge is -2.36. The number of sulfonamides is 1. The van der Waals surface area contributed by atoms with Crippen molar-refractivity contribution >= 4 is 39.0 Å². The molecule has 172 valence electrons. The van der Waals surface area contributed by atoms with Crippen LogP contribution in [0.25, 0.3) is 0 Å². The van der Waals surface area contributed by atoms with E-state index in [2.05, 4.69) is 19.6 Å². The highest BCUT2D eigenvalue weighted by Gasteiger charge is 2.22. The van der Waals surface area contributed by atoms with Crippen LogP contribution in [0, 0.1) is 0 Å². The van der Waals surface area contributed by atoms with Crippen molar-refractivity contribution in [1.82, 2.24) is 14.9 Å². The Balaban J connectivity index is 1.34. The van der Waals surface area contributed by atoms with Gasteiger partial charge in [0, 0.05) is 38.1 Å². The van der Waals surface area contributed by atoms with Crippen LogP contribution < -0.4 is 9.62 Å². The zero-order chi connectivity index (χ0) is 23.4. The second kappa shape index (κ2) is 9.63. The SMILES string of the molecule is O=C(Cc1ccc(O)c(Cl)c1)N1CCN(c2ccc(S(=O)(=O)Nc3ccncn3)cc2)CC1. The van der Waals surface area contributed by atoms with Gasteiger partial charge in [0.15, 0.2) is 0 Å². The van der Waals surface area contributed by atoms with Crippen molar-refractivity contribution in [3.05, 3.63) is 71.6 Å². The Hall–Kier alpha value is -3.37. The van der Waals surface area contributed by atoms with E-state index in [4.69, 9.17) is 11.6 Å². The number of hydrogen-bond donors (Lipinski definition) is 2. The fraction of sp³-hybridized carbons (Fsp3) is 0.227. The molecule has 1 amide bonds. The first-order valence-corrected chi connectivity index (χ1v) is 12.1. The summed E-state index contributed by atoms with van der Waals surface area (Å²) in [6.07, 6.45) is 2.94. The molecule has 1 aromatic heterocycles. The number of piperazine rings is 1. The van der Waals surface area contributed by atoms with E-state index < -0.39 is 10.0 Å². The van der Waals surface area contributed by atoms with Crippen molar-refractivity contribution in [3.63, 3.8) is 0 Å². The van der Waals surface area contributed by atoms with Crippen LogP contribution in [0.5, 0.6) is 5.75 Å². The summed E-state index contributed by atoms with van der Waals surface area (Å²) < 4.78 is 27.5. The molecule has 0 aliphatic carbocycles. The lowest BCUT2D eigenvalue weighted by Crippen LogP contribution is -2.49. The first kappa shape index (κ1) is 22.8. The van der Waals surface area contributed by atoms with Gasteiger partial charge in [-0.2, -0.15) is 0 Å². The Morgan fingerprint density at radius 3 is 2.42 bits per heavy atom. The topological polar surface area (TPSA) is 116 Å². The highest BCUT2D eigenvalue weighted by atomic mass is 35.5.